The number of hydrogen-bond acceptors (Lipinski definition) is 5. The maximum atomic E-state index is 5.90. The second-order valence-electron chi connectivity index (χ2n) is 7.19. The maximum Gasteiger partial charge on any atom is 0.191 e. The molecule has 1 aliphatic rings. The van der Waals surface area contributed by atoms with Crippen molar-refractivity contribution in [2.24, 2.45) is 4.99 Å². The molecule has 1 aromatic carbocycles. The van der Waals surface area contributed by atoms with Crippen LogP contribution in [0.1, 0.15) is 55.8 Å². The molecule has 3 rings (SSSR count). The Morgan fingerprint density at radius 2 is 2.03 bits per heavy atom. The first-order valence-corrected chi connectivity index (χ1v) is 10.4. The maximum absolute atomic E-state index is 5.90. The second-order valence-corrected chi connectivity index (χ2v) is 7.19. The van der Waals surface area contributed by atoms with E-state index >= 15 is 0 Å². The van der Waals surface area contributed by atoms with Crippen molar-refractivity contribution in [1.82, 2.24) is 15.8 Å². The van der Waals surface area contributed by atoms with Crippen LogP contribution in [0.3, 0.4) is 0 Å². The van der Waals surface area contributed by atoms with Gasteiger partial charge in [0.1, 0.15) is 23.4 Å². The Labute approximate surface area is 196 Å². The standard InChI is InChI=1S/C22H32N4O3.HI/c1-6-18-17(19(7-2)29-26-18)13-25-22(23-8-3)24-12-16-11-21-15(9-14(4)28-21)10-20(16)27-5;/h10-11,14H,6-9,12-13H2,1-5H3,(H2,23,24,25);1H. The van der Waals surface area contributed by atoms with Crippen LogP contribution >= 0.6 is 24.0 Å². The van der Waals surface area contributed by atoms with Gasteiger partial charge in [0.05, 0.1) is 19.3 Å². The summed E-state index contributed by atoms with van der Waals surface area (Å²) < 4.78 is 16.9. The number of nitrogens with zero attached hydrogens (tertiary/aromatic N) is 2. The average Bonchev–Trinajstić information content (AvgIpc) is 3.30. The molecule has 0 saturated heterocycles. The lowest BCUT2D eigenvalue weighted by atomic mass is 10.1. The molecule has 0 fully saturated rings. The molecule has 0 aliphatic carbocycles. The number of halogens is 1. The van der Waals surface area contributed by atoms with E-state index < -0.39 is 0 Å². The quantitative estimate of drug-likeness (QED) is 0.306. The molecule has 0 spiro atoms. The van der Waals surface area contributed by atoms with Gasteiger partial charge in [0.25, 0.3) is 0 Å². The monoisotopic (exact) mass is 528 g/mol. The highest BCUT2D eigenvalue weighted by Gasteiger charge is 2.21. The van der Waals surface area contributed by atoms with Crippen molar-refractivity contribution in [2.45, 2.75) is 66.2 Å². The molecule has 166 valence electrons. The Morgan fingerprint density at radius 1 is 1.23 bits per heavy atom. The molecule has 8 heteroatoms. The number of benzene rings is 1. The highest BCUT2D eigenvalue weighted by atomic mass is 127. The largest absolute Gasteiger partial charge is 0.496 e. The third-order valence-electron chi connectivity index (χ3n) is 5.09. The normalized spacial score (nSPS) is 15.2. The smallest absolute Gasteiger partial charge is 0.191 e. The van der Waals surface area contributed by atoms with Gasteiger partial charge in [0.15, 0.2) is 5.96 Å². The fraction of sp³-hybridized carbons (Fsp3) is 0.545. The van der Waals surface area contributed by atoms with Crippen LogP contribution in [-0.4, -0.2) is 30.9 Å². The minimum absolute atomic E-state index is 0. The first-order valence-electron chi connectivity index (χ1n) is 10.4. The number of aryl methyl sites for hydroxylation is 2. The summed E-state index contributed by atoms with van der Waals surface area (Å²) in [6.07, 6.45) is 2.79. The first kappa shape index (κ1) is 24.3. The molecule has 0 bridgehead atoms. The summed E-state index contributed by atoms with van der Waals surface area (Å²) >= 11 is 0. The van der Waals surface area contributed by atoms with E-state index in [1.54, 1.807) is 7.11 Å². The third kappa shape index (κ3) is 5.59. The van der Waals surface area contributed by atoms with E-state index in [4.69, 9.17) is 19.0 Å². The molecular weight excluding hydrogens is 495 g/mol. The van der Waals surface area contributed by atoms with Gasteiger partial charge in [-0.2, -0.15) is 0 Å². The van der Waals surface area contributed by atoms with Crippen molar-refractivity contribution in [1.29, 1.82) is 0 Å². The van der Waals surface area contributed by atoms with Gasteiger partial charge in [-0.25, -0.2) is 4.99 Å². The van der Waals surface area contributed by atoms with E-state index in [0.717, 1.165) is 65.8 Å². The van der Waals surface area contributed by atoms with Crippen molar-refractivity contribution >= 4 is 29.9 Å². The summed E-state index contributed by atoms with van der Waals surface area (Å²) in [5, 5.41) is 10.9. The predicted molar refractivity (Wildman–Crippen MR) is 129 cm³/mol. The van der Waals surface area contributed by atoms with Gasteiger partial charge in [-0.05, 0) is 32.4 Å². The van der Waals surface area contributed by atoms with E-state index in [1.807, 2.05) is 0 Å². The number of aromatic nitrogens is 1. The van der Waals surface area contributed by atoms with E-state index in [2.05, 4.69) is 55.6 Å². The van der Waals surface area contributed by atoms with Crippen molar-refractivity contribution in [3.05, 3.63) is 40.3 Å². The van der Waals surface area contributed by atoms with E-state index in [1.165, 1.54) is 5.56 Å². The van der Waals surface area contributed by atoms with Crippen molar-refractivity contribution in [3.8, 4) is 11.5 Å². The molecule has 2 N–H and O–H groups in total. The second kappa shape index (κ2) is 11.4. The van der Waals surface area contributed by atoms with E-state index in [0.29, 0.717) is 13.1 Å². The highest BCUT2D eigenvalue weighted by molar-refractivity contribution is 14.0. The summed E-state index contributed by atoms with van der Waals surface area (Å²) in [4.78, 5) is 4.76. The Kier molecular flexibility index (Phi) is 9.26. The number of nitrogens with one attached hydrogen (secondary N) is 2. The Bertz CT molecular complexity index is 845. The van der Waals surface area contributed by atoms with E-state index in [9.17, 15) is 0 Å². The molecule has 0 saturated carbocycles. The molecule has 7 nitrogen and oxygen atoms in total. The van der Waals surface area contributed by atoms with Gasteiger partial charge in [-0.1, -0.05) is 19.0 Å². The van der Waals surface area contributed by atoms with Crippen LogP contribution in [0.5, 0.6) is 11.5 Å². The molecule has 2 heterocycles. The fourth-order valence-corrected chi connectivity index (χ4v) is 3.61. The molecule has 2 aromatic rings. The third-order valence-corrected chi connectivity index (χ3v) is 5.09. The number of guanidine groups is 1. The number of hydrogen-bond donors (Lipinski definition) is 2. The van der Waals surface area contributed by atoms with Crippen LogP contribution in [0.25, 0.3) is 0 Å². The summed E-state index contributed by atoms with van der Waals surface area (Å²) in [6, 6.07) is 4.12. The lowest BCUT2D eigenvalue weighted by Gasteiger charge is -2.13. The Balaban J connectivity index is 0.00000320. The summed E-state index contributed by atoms with van der Waals surface area (Å²) in [5.74, 6) is 3.46. The van der Waals surface area contributed by atoms with Gasteiger partial charge in [-0.15, -0.1) is 24.0 Å². The van der Waals surface area contributed by atoms with Crippen LogP contribution < -0.4 is 20.1 Å². The number of aliphatic imine (C=N–C) groups is 1. The number of rotatable bonds is 8. The molecule has 1 unspecified atom stereocenters. The lowest BCUT2D eigenvalue weighted by Crippen LogP contribution is -2.37. The first-order chi connectivity index (χ1) is 14.1. The Hall–Kier alpha value is -1.97. The molecule has 1 atom stereocenters. The molecule has 0 amide bonds. The zero-order valence-electron chi connectivity index (χ0n) is 18.5. The molecule has 0 radical (unpaired) electrons. The summed E-state index contributed by atoms with van der Waals surface area (Å²) in [7, 11) is 1.70. The zero-order valence-corrected chi connectivity index (χ0v) is 20.8. The molecule has 30 heavy (non-hydrogen) atoms. The van der Waals surface area contributed by atoms with Crippen LogP contribution in [0.2, 0.25) is 0 Å². The highest BCUT2D eigenvalue weighted by Crippen LogP contribution is 2.35. The van der Waals surface area contributed by atoms with Crippen LogP contribution in [0.15, 0.2) is 21.6 Å². The average molecular weight is 528 g/mol. The van der Waals surface area contributed by atoms with Crippen molar-refractivity contribution in [3.63, 3.8) is 0 Å². The molecular formula is C22H33IN4O3. The topological polar surface area (TPSA) is 80.9 Å². The number of fused-ring (bicyclic) bond motifs is 1. The SMILES string of the molecule is CCNC(=NCc1cc2c(cc1OC)CC(C)O2)NCc1c(CC)noc1CC.I. The molecule has 1 aromatic heterocycles. The van der Waals surface area contributed by atoms with Crippen molar-refractivity contribution in [2.75, 3.05) is 13.7 Å². The van der Waals surface area contributed by atoms with Crippen LogP contribution in [0, 0.1) is 0 Å². The van der Waals surface area contributed by atoms with Gasteiger partial charge in [0.2, 0.25) is 0 Å². The van der Waals surface area contributed by atoms with Gasteiger partial charge < -0.3 is 24.6 Å². The minimum atomic E-state index is 0. The van der Waals surface area contributed by atoms with Crippen LogP contribution in [0.4, 0.5) is 0 Å². The minimum Gasteiger partial charge on any atom is -0.496 e. The van der Waals surface area contributed by atoms with Gasteiger partial charge in [-0.3, -0.25) is 0 Å². The fourth-order valence-electron chi connectivity index (χ4n) is 3.61. The lowest BCUT2D eigenvalue weighted by molar-refractivity contribution is 0.254. The summed E-state index contributed by atoms with van der Waals surface area (Å²) in [5.41, 5.74) is 4.32. The summed E-state index contributed by atoms with van der Waals surface area (Å²) in [6.45, 7) is 10.2. The van der Waals surface area contributed by atoms with Crippen molar-refractivity contribution < 1.29 is 14.0 Å². The zero-order chi connectivity index (χ0) is 20.8. The van der Waals surface area contributed by atoms with E-state index in [-0.39, 0.29) is 30.1 Å². The number of methoxy groups -OCH3 is 1. The molecule has 1 aliphatic heterocycles. The van der Waals surface area contributed by atoms with Crippen LogP contribution in [-0.2, 0) is 32.4 Å². The van der Waals surface area contributed by atoms with Gasteiger partial charge in [0, 0.05) is 42.6 Å². The Morgan fingerprint density at radius 3 is 2.70 bits per heavy atom. The number of ether oxygens (including phenoxy) is 2. The predicted octanol–water partition coefficient (Wildman–Crippen LogP) is 4.00. The van der Waals surface area contributed by atoms with Gasteiger partial charge >= 0.3 is 0 Å².